The summed E-state index contributed by atoms with van der Waals surface area (Å²) >= 11 is 0. The van der Waals surface area contributed by atoms with Gasteiger partial charge in [0.25, 0.3) is 0 Å². The summed E-state index contributed by atoms with van der Waals surface area (Å²) in [6.45, 7) is 2.56. The summed E-state index contributed by atoms with van der Waals surface area (Å²) in [4.78, 5) is 23.6. The van der Waals surface area contributed by atoms with Crippen molar-refractivity contribution in [2.45, 2.75) is 13.8 Å². The molecule has 0 saturated heterocycles. The van der Waals surface area contributed by atoms with E-state index < -0.39 is 27.8 Å². The lowest BCUT2D eigenvalue weighted by Crippen LogP contribution is -2.34. The highest BCUT2D eigenvalue weighted by molar-refractivity contribution is 7.90. The van der Waals surface area contributed by atoms with Crippen molar-refractivity contribution in [3.8, 4) is 0 Å². The van der Waals surface area contributed by atoms with E-state index in [1.807, 2.05) is 0 Å². The molecule has 0 radical (unpaired) electrons. The van der Waals surface area contributed by atoms with Crippen LogP contribution in [-0.2, 0) is 19.4 Å². The third-order valence-corrected chi connectivity index (χ3v) is 3.85. The average Bonchev–Trinajstić information content (AvgIpc) is 2.33. The van der Waals surface area contributed by atoms with Gasteiger partial charge in [-0.25, -0.2) is 8.42 Å². The van der Waals surface area contributed by atoms with Crippen LogP contribution >= 0.6 is 0 Å². The monoisotopic (exact) mass is 298 g/mol. The number of carbonyl (C=O) groups excluding carboxylic acids is 2. The van der Waals surface area contributed by atoms with Crippen LogP contribution in [0.2, 0.25) is 0 Å². The number of benzene rings is 1. The number of ketones is 1. The van der Waals surface area contributed by atoms with Gasteiger partial charge in [0.05, 0.1) is 11.2 Å². The van der Waals surface area contributed by atoms with Crippen LogP contribution in [0, 0.1) is 5.41 Å². The lowest BCUT2D eigenvalue weighted by atomic mass is 9.97. The molecule has 0 fully saturated rings. The van der Waals surface area contributed by atoms with Crippen molar-refractivity contribution in [3.63, 3.8) is 0 Å². The SMILES string of the molecule is CC(C)(CS(C)(=O)=O)C(=O)OCC(=O)c1ccccc1. The van der Waals surface area contributed by atoms with Gasteiger partial charge in [0.2, 0.25) is 0 Å². The number of rotatable bonds is 6. The van der Waals surface area contributed by atoms with Crippen LogP contribution in [-0.4, -0.2) is 38.8 Å². The number of hydrogen-bond donors (Lipinski definition) is 0. The van der Waals surface area contributed by atoms with Gasteiger partial charge in [-0.15, -0.1) is 0 Å². The minimum atomic E-state index is -3.30. The first-order chi connectivity index (χ1) is 9.12. The Kier molecular flexibility index (Phi) is 5.05. The Labute approximate surface area is 118 Å². The van der Waals surface area contributed by atoms with Crippen molar-refractivity contribution in [1.82, 2.24) is 0 Å². The second-order valence-electron chi connectivity index (χ2n) is 5.32. The van der Waals surface area contributed by atoms with Crippen LogP contribution in [0.3, 0.4) is 0 Å². The van der Waals surface area contributed by atoms with Gasteiger partial charge in [-0.05, 0) is 13.8 Å². The van der Waals surface area contributed by atoms with Crippen molar-refractivity contribution in [2.75, 3.05) is 18.6 Å². The molecule has 1 aromatic rings. The maximum absolute atomic E-state index is 11.8. The van der Waals surface area contributed by atoms with E-state index in [4.69, 9.17) is 4.74 Å². The second kappa shape index (κ2) is 6.17. The summed E-state index contributed by atoms with van der Waals surface area (Å²) in [5.74, 6) is -1.35. The van der Waals surface area contributed by atoms with E-state index in [1.165, 1.54) is 13.8 Å². The minimum absolute atomic E-state index is 0.321. The highest BCUT2D eigenvalue weighted by atomic mass is 32.2. The number of carbonyl (C=O) groups is 2. The van der Waals surface area contributed by atoms with Crippen molar-refractivity contribution in [2.24, 2.45) is 5.41 Å². The number of Topliss-reactive ketones (excluding diaryl/α,β-unsaturated/α-hetero) is 1. The molecule has 0 aliphatic carbocycles. The zero-order chi connectivity index (χ0) is 15.4. The molecule has 1 aromatic carbocycles. The molecule has 5 nitrogen and oxygen atoms in total. The van der Waals surface area contributed by atoms with E-state index in [2.05, 4.69) is 0 Å². The molecule has 0 aliphatic rings. The molecule has 0 aromatic heterocycles. The van der Waals surface area contributed by atoms with Crippen LogP contribution in [0.5, 0.6) is 0 Å². The van der Waals surface area contributed by atoms with Crippen molar-refractivity contribution >= 4 is 21.6 Å². The quantitative estimate of drug-likeness (QED) is 0.587. The van der Waals surface area contributed by atoms with Crippen LogP contribution < -0.4 is 0 Å². The predicted octanol–water partition coefficient (Wildman–Crippen LogP) is 1.48. The average molecular weight is 298 g/mol. The molecular weight excluding hydrogens is 280 g/mol. The first-order valence-corrected chi connectivity index (χ1v) is 8.11. The Hall–Kier alpha value is -1.69. The van der Waals surface area contributed by atoms with Crippen molar-refractivity contribution < 1.29 is 22.7 Å². The van der Waals surface area contributed by atoms with Crippen LogP contribution in [0.25, 0.3) is 0 Å². The number of hydrogen-bond acceptors (Lipinski definition) is 5. The third kappa shape index (κ3) is 5.13. The number of ether oxygens (including phenoxy) is 1. The maximum Gasteiger partial charge on any atom is 0.312 e. The Morgan fingerprint density at radius 2 is 1.70 bits per heavy atom. The van der Waals surface area contributed by atoms with Crippen LogP contribution in [0.15, 0.2) is 30.3 Å². The molecule has 20 heavy (non-hydrogen) atoms. The number of esters is 1. The normalized spacial score (nSPS) is 11.9. The highest BCUT2D eigenvalue weighted by Gasteiger charge is 2.33. The van der Waals surface area contributed by atoms with E-state index >= 15 is 0 Å². The van der Waals surface area contributed by atoms with E-state index in [9.17, 15) is 18.0 Å². The highest BCUT2D eigenvalue weighted by Crippen LogP contribution is 2.19. The van der Waals surface area contributed by atoms with Crippen molar-refractivity contribution in [1.29, 1.82) is 0 Å². The molecule has 0 amide bonds. The van der Waals surface area contributed by atoms with Crippen molar-refractivity contribution in [3.05, 3.63) is 35.9 Å². The van der Waals surface area contributed by atoms with E-state index in [1.54, 1.807) is 30.3 Å². The van der Waals surface area contributed by atoms with Crippen LogP contribution in [0.1, 0.15) is 24.2 Å². The standard InChI is InChI=1S/C14H18O5S/c1-14(2,10-20(3,17)18)13(16)19-9-12(15)11-7-5-4-6-8-11/h4-8H,9-10H2,1-3H3. The Morgan fingerprint density at radius 3 is 2.20 bits per heavy atom. The maximum atomic E-state index is 11.8. The van der Waals surface area contributed by atoms with E-state index in [-0.39, 0.29) is 11.5 Å². The molecule has 110 valence electrons. The van der Waals surface area contributed by atoms with Gasteiger partial charge < -0.3 is 4.74 Å². The molecule has 0 atom stereocenters. The molecule has 0 unspecified atom stereocenters. The minimum Gasteiger partial charge on any atom is -0.457 e. The Bertz CT molecular complexity index is 587. The third-order valence-electron chi connectivity index (χ3n) is 2.61. The summed E-state index contributed by atoms with van der Waals surface area (Å²) in [6, 6.07) is 8.44. The Balaban J connectivity index is 2.62. The van der Waals surface area contributed by atoms with Crippen LogP contribution in [0.4, 0.5) is 0 Å². The first-order valence-electron chi connectivity index (χ1n) is 6.05. The van der Waals surface area contributed by atoms with E-state index in [0.29, 0.717) is 5.56 Å². The van der Waals surface area contributed by atoms with Gasteiger partial charge in [0, 0.05) is 11.8 Å². The molecule has 0 bridgehead atoms. The van der Waals surface area contributed by atoms with Gasteiger partial charge in [-0.2, -0.15) is 0 Å². The summed E-state index contributed by atoms with van der Waals surface area (Å²) < 4.78 is 27.4. The largest absolute Gasteiger partial charge is 0.457 e. The zero-order valence-corrected chi connectivity index (χ0v) is 12.6. The molecule has 6 heteroatoms. The lowest BCUT2D eigenvalue weighted by Gasteiger charge is -2.21. The fourth-order valence-corrected chi connectivity index (χ4v) is 3.18. The van der Waals surface area contributed by atoms with E-state index in [0.717, 1.165) is 6.26 Å². The second-order valence-corrected chi connectivity index (χ2v) is 7.46. The summed E-state index contributed by atoms with van der Waals surface area (Å²) in [7, 11) is -3.30. The predicted molar refractivity (Wildman–Crippen MR) is 75.2 cm³/mol. The lowest BCUT2D eigenvalue weighted by molar-refractivity contribution is -0.151. The van der Waals surface area contributed by atoms with Gasteiger partial charge >= 0.3 is 5.97 Å². The summed E-state index contributed by atoms with van der Waals surface area (Å²) in [5, 5.41) is 0. The summed E-state index contributed by atoms with van der Waals surface area (Å²) in [6.07, 6.45) is 1.05. The number of sulfone groups is 1. The van der Waals surface area contributed by atoms with Gasteiger partial charge in [-0.3, -0.25) is 9.59 Å². The first kappa shape index (κ1) is 16.4. The fourth-order valence-electron chi connectivity index (χ4n) is 1.75. The molecule has 0 spiro atoms. The topological polar surface area (TPSA) is 77.5 Å². The molecule has 0 saturated carbocycles. The molecule has 1 rings (SSSR count). The van der Waals surface area contributed by atoms with Gasteiger partial charge in [0.1, 0.15) is 9.84 Å². The molecule has 0 aliphatic heterocycles. The fraction of sp³-hybridized carbons (Fsp3) is 0.429. The molecule has 0 heterocycles. The Morgan fingerprint density at radius 1 is 1.15 bits per heavy atom. The smallest absolute Gasteiger partial charge is 0.312 e. The van der Waals surface area contributed by atoms with Gasteiger partial charge in [0.15, 0.2) is 12.4 Å². The zero-order valence-electron chi connectivity index (χ0n) is 11.8. The molecular formula is C14H18O5S. The summed E-state index contributed by atoms with van der Waals surface area (Å²) in [5.41, 5.74) is -0.730. The molecule has 0 N–H and O–H groups in total. The van der Waals surface area contributed by atoms with Gasteiger partial charge in [-0.1, -0.05) is 30.3 Å².